The molecule has 0 fully saturated rings. The first-order chi connectivity index (χ1) is 13.5. The fourth-order valence-corrected chi connectivity index (χ4v) is 3.10. The van der Waals surface area contributed by atoms with Crippen LogP contribution >= 0.6 is 22.9 Å². The number of thiazole rings is 1. The molecule has 0 radical (unpaired) electrons. The first kappa shape index (κ1) is 21.3. The lowest BCUT2D eigenvalue weighted by molar-refractivity contribution is -0.122. The molecular formula is C21H20ClN3O2S. The van der Waals surface area contributed by atoms with Gasteiger partial charge < -0.3 is 10.3 Å². The van der Waals surface area contributed by atoms with Crippen molar-refractivity contribution in [2.24, 2.45) is 0 Å². The number of para-hydroxylation sites is 1. The maximum absolute atomic E-state index is 8.81. The van der Waals surface area contributed by atoms with Gasteiger partial charge in [0.15, 0.2) is 17.7 Å². The minimum Gasteiger partial charge on any atom is -0.375 e. The van der Waals surface area contributed by atoms with E-state index in [1.807, 2.05) is 19.1 Å². The molecule has 0 aliphatic heterocycles. The molecule has 2 aromatic carbocycles. The molecule has 28 heavy (non-hydrogen) atoms. The maximum Gasteiger partial charge on any atom is 0.182 e. The number of nitrogen functional groups attached to an aromatic ring is 1. The molecule has 2 N–H and O–H groups in total. The summed E-state index contributed by atoms with van der Waals surface area (Å²) in [4.78, 5) is 22.6. The average molecular weight is 414 g/mol. The lowest BCUT2D eigenvalue weighted by atomic mass is 10.2. The summed E-state index contributed by atoms with van der Waals surface area (Å²) in [5.74, 6) is 0. The van der Waals surface area contributed by atoms with E-state index in [1.165, 1.54) is 27.8 Å². The van der Waals surface area contributed by atoms with Gasteiger partial charge in [0, 0.05) is 34.4 Å². The van der Waals surface area contributed by atoms with Crippen molar-refractivity contribution in [1.82, 2.24) is 9.55 Å². The Morgan fingerprint density at radius 1 is 1.07 bits per heavy atom. The third-order valence-corrected chi connectivity index (χ3v) is 4.64. The van der Waals surface area contributed by atoms with Crippen molar-refractivity contribution in [2.75, 3.05) is 5.73 Å². The fourth-order valence-electron chi connectivity index (χ4n) is 2.44. The number of benzene rings is 2. The van der Waals surface area contributed by atoms with Crippen LogP contribution in [0.15, 0.2) is 67.0 Å². The molecule has 0 bridgehead atoms. The highest BCUT2D eigenvalue weighted by Gasteiger charge is 2.00. The second-order valence-electron chi connectivity index (χ2n) is 5.71. The number of aromatic nitrogens is 2. The number of carbonyl (C=O) groups is 2. The molecule has 4 aromatic rings. The molecule has 0 saturated heterocycles. The third-order valence-electron chi connectivity index (χ3n) is 3.64. The second-order valence-corrected chi connectivity index (χ2v) is 7.41. The van der Waals surface area contributed by atoms with Crippen LogP contribution in [0.4, 0.5) is 5.13 Å². The van der Waals surface area contributed by atoms with Crippen LogP contribution in [-0.2, 0) is 16.1 Å². The Morgan fingerprint density at radius 3 is 2.29 bits per heavy atom. The van der Waals surface area contributed by atoms with E-state index in [0.717, 1.165) is 16.4 Å². The first-order valence-electron chi connectivity index (χ1n) is 8.38. The average Bonchev–Trinajstić information content (AvgIpc) is 3.30. The van der Waals surface area contributed by atoms with Crippen LogP contribution in [0.3, 0.4) is 0 Å². The summed E-state index contributed by atoms with van der Waals surface area (Å²) in [6, 6.07) is 18.6. The molecule has 0 saturated carbocycles. The molecule has 5 nitrogen and oxygen atoms in total. The number of carbonyl (C=O) groups excluding carboxylic acids is 2. The Balaban J connectivity index is 0.000000211. The predicted molar refractivity (Wildman–Crippen MR) is 116 cm³/mol. The quantitative estimate of drug-likeness (QED) is 0.388. The van der Waals surface area contributed by atoms with Crippen molar-refractivity contribution in [1.29, 1.82) is 0 Å². The standard InChI is InChI=1S/C15H12ClN.C4H6N2S.C2H2O2/c16-14-7-5-12(6-8-14)11-17-10-9-13-3-1-2-4-15(13)17;1-3-2-6-4(5)7-3;3-1-2-4/h1-10H,11H2;2H,1H3,(H2,5,6);1-2H. The van der Waals surface area contributed by atoms with Crippen molar-refractivity contribution >= 4 is 51.5 Å². The Labute approximate surface area is 172 Å². The minimum atomic E-state index is 0.194. The Hall–Kier alpha value is -2.96. The number of hydrogen-bond acceptors (Lipinski definition) is 5. The largest absolute Gasteiger partial charge is 0.375 e. The number of nitrogens with two attached hydrogens (primary N) is 1. The Bertz CT molecular complexity index is 1000. The van der Waals surface area contributed by atoms with E-state index in [9.17, 15) is 0 Å². The number of aldehydes is 2. The fraction of sp³-hybridized carbons (Fsp3) is 0.0952. The summed E-state index contributed by atoms with van der Waals surface area (Å²) in [6.07, 6.45) is 4.28. The monoisotopic (exact) mass is 413 g/mol. The van der Waals surface area contributed by atoms with Crippen LogP contribution in [0.5, 0.6) is 0 Å². The van der Waals surface area contributed by atoms with Gasteiger partial charge in [-0.25, -0.2) is 4.98 Å². The molecule has 0 aliphatic carbocycles. The zero-order chi connectivity index (χ0) is 20.4. The zero-order valence-electron chi connectivity index (χ0n) is 15.3. The molecule has 4 rings (SSSR count). The van der Waals surface area contributed by atoms with E-state index >= 15 is 0 Å². The number of nitrogens with zero attached hydrogens (tertiary/aromatic N) is 2. The highest BCUT2D eigenvalue weighted by atomic mass is 35.5. The first-order valence-corrected chi connectivity index (χ1v) is 9.58. The number of fused-ring (bicyclic) bond motifs is 1. The van der Waals surface area contributed by atoms with Gasteiger partial charge in [-0.1, -0.05) is 41.9 Å². The van der Waals surface area contributed by atoms with Crippen molar-refractivity contribution < 1.29 is 9.59 Å². The van der Waals surface area contributed by atoms with Crippen LogP contribution in [0.1, 0.15) is 10.4 Å². The van der Waals surface area contributed by atoms with Crippen LogP contribution in [-0.4, -0.2) is 22.1 Å². The molecule has 2 aromatic heterocycles. The van der Waals surface area contributed by atoms with Crippen LogP contribution < -0.4 is 5.73 Å². The number of anilines is 1. The molecule has 7 heteroatoms. The van der Waals surface area contributed by atoms with Gasteiger partial charge in [0.25, 0.3) is 0 Å². The van der Waals surface area contributed by atoms with E-state index in [1.54, 1.807) is 6.20 Å². The minimum absolute atomic E-state index is 0.194. The summed E-state index contributed by atoms with van der Waals surface area (Å²) in [5, 5.41) is 2.71. The van der Waals surface area contributed by atoms with Crippen LogP contribution in [0.25, 0.3) is 10.9 Å². The highest BCUT2D eigenvalue weighted by Crippen LogP contribution is 2.17. The van der Waals surface area contributed by atoms with Gasteiger partial charge in [-0.05, 0) is 42.1 Å². The maximum atomic E-state index is 8.81. The molecular weight excluding hydrogens is 394 g/mol. The molecule has 0 amide bonds. The smallest absolute Gasteiger partial charge is 0.182 e. The normalized spacial score (nSPS) is 9.64. The van der Waals surface area contributed by atoms with Gasteiger partial charge in [-0.15, -0.1) is 11.3 Å². The topological polar surface area (TPSA) is 78.0 Å². The number of rotatable bonds is 3. The predicted octanol–water partition coefficient (Wildman–Crippen LogP) is 4.76. The van der Waals surface area contributed by atoms with Crippen molar-refractivity contribution in [2.45, 2.75) is 13.5 Å². The third kappa shape index (κ3) is 6.64. The summed E-state index contributed by atoms with van der Waals surface area (Å²) < 4.78 is 2.25. The second kappa shape index (κ2) is 11.0. The zero-order valence-corrected chi connectivity index (χ0v) is 16.9. The van der Waals surface area contributed by atoms with Crippen LogP contribution in [0, 0.1) is 6.92 Å². The lowest BCUT2D eigenvalue weighted by Gasteiger charge is -2.05. The van der Waals surface area contributed by atoms with Gasteiger partial charge in [0.1, 0.15) is 0 Å². The van der Waals surface area contributed by atoms with E-state index < -0.39 is 0 Å². The van der Waals surface area contributed by atoms with Crippen molar-refractivity contribution in [3.63, 3.8) is 0 Å². The summed E-state index contributed by atoms with van der Waals surface area (Å²) in [6.45, 7) is 2.86. The number of hydrogen-bond donors (Lipinski definition) is 1. The van der Waals surface area contributed by atoms with Crippen LogP contribution in [0.2, 0.25) is 5.02 Å². The van der Waals surface area contributed by atoms with Gasteiger partial charge in [0.05, 0.1) is 0 Å². The Morgan fingerprint density at radius 2 is 1.75 bits per heavy atom. The summed E-state index contributed by atoms with van der Waals surface area (Å²) in [5.41, 5.74) is 7.81. The van der Waals surface area contributed by atoms with Crippen molar-refractivity contribution in [3.05, 3.63) is 82.5 Å². The lowest BCUT2D eigenvalue weighted by Crippen LogP contribution is -1.97. The summed E-state index contributed by atoms with van der Waals surface area (Å²) in [7, 11) is 0. The van der Waals surface area contributed by atoms with E-state index in [4.69, 9.17) is 26.9 Å². The molecule has 2 heterocycles. The number of aryl methyl sites for hydroxylation is 1. The summed E-state index contributed by atoms with van der Waals surface area (Å²) >= 11 is 7.39. The highest BCUT2D eigenvalue weighted by molar-refractivity contribution is 7.15. The Kier molecular flexibility index (Phi) is 8.39. The van der Waals surface area contributed by atoms with E-state index in [-0.39, 0.29) is 12.6 Å². The van der Waals surface area contributed by atoms with Gasteiger partial charge in [-0.3, -0.25) is 9.59 Å². The van der Waals surface area contributed by atoms with Crippen molar-refractivity contribution in [3.8, 4) is 0 Å². The van der Waals surface area contributed by atoms with Gasteiger partial charge in [-0.2, -0.15) is 0 Å². The van der Waals surface area contributed by atoms with Gasteiger partial charge in [0.2, 0.25) is 0 Å². The SMILES string of the molecule is Cc1cnc(N)s1.Clc1ccc(Cn2ccc3ccccc32)cc1.O=CC=O. The molecule has 0 spiro atoms. The molecule has 0 atom stereocenters. The molecule has 0 aliphatic rings. The molecule has 0 unspecified atom stereocenters. The van der Waals surface area contributed by atoms with E-state index in [2.05, 4.69) is 58.2 Å². The van der Waals surface area contributed by atoms with Gasteiger partial charge >= 0.3 is 0 Å². The molecule has 144 valence electrons. The van der Waals surface area contributed by atoms with E-state index in [0.29, 0.717) is 5.13 Å². The number of halogens is 1.